The van der Waals surface area contributed by atoms with E-state index in [-0.39, 0.29) is 17.9 Å². The number of nitrogens with zero attached hydrogens (tertiary/aromatic N) is 1. The van der Waals surface area contributed by atoms with Gasteiger partial charge in [-0.2, -0.15) is 0 Å². The van der Waals surface area contributed by atoms with Gasteiger partial charge in [-0.15, -0.1) is 0 Å². The summed E-state index contributed by atoms with van der Waals surface area (Å²) in [5.74, 6) is -0.292. The van der Waals surface area contributed by atoms with Gasteiger partial charge in [-0.3, -0.25) is 14.5 Å². The van der Waals surface area contributed by atoms with Gasteiger partial charge in [0, 0.05) is 11.0 Å². The van der Waals surface area contributed by atoms with Crippen molar-refractivity contribution in [1.82, 2.24) is 4.90 Å². The van der Waals surface area contributed by atoms with Crippen LogP contribution in [0.25, 0.3) is 0 Å². The third-order valence-corrected chi connectivity index (χ3v) is 3.11. The van der Waals surface area contributed by atoms with Crippen LogP contribution in [-0.2, 0) is 4.79 Å². The van der Waals surface area contributed by atoms with Gasteiger partial charge in [0.05, 0.1) is 6.04 Å². The largest absolute Gasteiger partial charge is 0.274 e. The van der Waals surface area contributed by atoms with Gasteiger partial charge in [0.25, 0.3) is 5.91 Å². The van der Waals surface area contributed by atoms with Crippen LogP contribution in [0, 0.1) is 5.41 Å². The molecule has 1 aromatic carbocycles. The first-order chi connectivity index (χ1) is 7.84. The average Bonchev–Trinajstić information content (AvgIpc) is 2.51. The molecule has 1 atom stereocenters. The first-order valence-electron chi connectivity index (χ1n) is 5.81. The summed E-state index contributed by atoms with van der Waals surface area (Å²) >= 11 is 0. The quantitative estimate of drug-likeness (QED) is 0.688. The van der Waals surface area contributed by atoms with Gasteiger partial charge in [-0.25, -0.2) is 0 Å². The van der Waals surface area contributed by atoms with E-state index in [2.05, 4.69) is 0 Å². The number of hydrogen-bond acceptors (Lipinski definition) is 2. The van der Waals surface area contributed by atoms with Gasteiger partial charge >= 0.3 is 0 Å². The van der Waals surface area contributed by atoms with E-state index in [1.54, 1.807) is 6.07 Å². The Balaban J connectivity index is 2.43. The predicted molar refractivity (Wildman–Crippen MR) is 65.5 cm³/mol. The van der Waals surface area contributed by atoms with Crippen molar-refractivity contribution in [2.75, 3.05) is 0 Å². The molecular formula is C14H17NO2. The van der Waals surface area contributed by atoms with Gasteiger partial charge in [0.2, 0.25) is 5.91 Å². The van der Waals surface area contributed by atoms with Gasteiger partial charge in [-0.05, 0) is 18.6 Å². The third-order valence-electron chi connectivity index (χ3n) is 3.11. The molecule has 0 radical (unpaired) electrons. The molecule has 0 saturated carbocycles. The molecule has 0 saturated heterocycles. The molecule has 2 amide bonds. The Morgan fingerprint density at radius 3 is 2.35 bits per heavy atom. The van der Waals surface area contributed by atoms with Crippen molar-refractivity contribution in [3.05, 3.63) is 35.4 Å². The van der Waals surface area contributed by atoms with E-state index in [1.807, 2.05) is 45.9 Å². The maximum Gasteiger partial charge on any atom is 0.261 e. The number of fused-ring (bicyclic) bond motifs is 1. The van der Waals surface area contributed by atoms with E-state index in [1.165, 1.54) is 4.90 Å². The lowest BCUT2D eigenvalue weighted by Gasteiger charge is -2.27. The topological polar surface area (TPSA) is 37.4 Å². The van der Waals surface area contributed by atoms with Crippen LogP contribution < -0.4 is 0 Å². The number of hydrogen-bond donors (Lipinski definition) is 0. The van der Waals surface area contributed by atoms with E-state index in [9.17, 15) is 9.59 Å². The van der Waals surface area contributed by atoms with Crippen LogP contribution in [0.15, 0.2) is 24.3 Å². The van der Waals surface area contributed by atoms with Crippen LogP contribution in [-0.4, -0.2) is 16.7 Å². The van der Waals surface area contributed by atoms with Crippen molar-refractivity contribution in [3.63, 3.8) is 0 Å². The monoisotopic (exact) mass is 231 g/mol. The molecule has 1 aromatic rings. The summed E-state index contributed by atoms with van der Waals surface area (Å²) in [4.78, 5) is 25.8. The number of rotatable bonds is 0. The highest BCUT2D eigenvalue weighted by Gasteiger charge is 2.41. The zero-order valence-corrected chi connectivity index (χ0v) is 10.7. The van der Waals surface area contributed by atoms with Crippen molar-refractivity contribution in [2.45, 2.75) is 33.7 Å². The molecule has 0 aromatic heterocycles. The summed E-state index contributed by atoms with van der Waals surface area (Å²) < 4.78 is 0. The minimum Gasteiger partial charge on any atom is -0.274 e. The van der Waals surface area contributed by atoms with Crippen LogP contribution in [0.3, 0.4) is 0 Å². The molecule has 1 aliphatic rings. The van der Waals surface area contributed by atoms with Gasteiger partial charge in [0.15, 0.2) is 0 Å². The maximum atomic E-state index is 12.3. The van der Waals surface area contributed by atoms with Crippen LogP contribution in [0.1, 0.15) is 49.7 Å². The number of carbonyl (C=O) groups excluding carboxylic acids is 2. The fourth-order valence-corrected chi connectivity index (χ4v) is 2.13. The zero-order chi connectivity index (χ0) is 12.8. The molecule has 17 heavy (non-hydrogen) atoms. The second-order valence-corrected chi connectivity index (χ2v) is 5.49. The Kier molecular flexibility index (Phi) is 2.57. The van der Waals surface area contributed by atoms with E-state index in [0.29, 0.717) is 5.56 Å². The molecular weight excluding hydrogens is 214 g/mol. The molecule has 3 nitrogen and oxygen atoms in total. The molecule has 0 fully saturated rings. The highest BCUT2D eigenvalue weighted by molar-refractivity contribution is 6.09. The number of benzene rings is 1. The fraction of sp³-hybridized carbons (Fsp3) is 0.429. The highest BCUT2D eigenvalue weighted by Crippen LogP contribution is 2.35. The van der Waals surface area contributed by atoms with Gasteiger partial charge < -0.3 is 0 Å². The second-order valence-electron chi connectivity index (χ2n) is 5.49. The van der Waals surface area contributed by atoms with Crippen LogP contribution in [0.4, 0.5) is 0 Å². The van der Waals surface area contributed by atoms with Crippen molar-refractivity contribution >= 4 is 11.8 Å². The molecule has 1 aliphatic heterocycles. The van der Waals surface area contributed by atoms with Crippen LogP contribution in [0.2, 0.25) is 0 Å². The summed E-state index contributed by atoms with van der Waals surface area (Å²) in [7, 11) is 0. The zero-order valence-electron chi connectivity index (χ0n) is 10.7. The Morgan fingerprint density at radius 1 is 1.24 bits per heavy atom. The van der Waals surface area contributed by atoms with Crippen molar-refractivity contribution < 1.29 is 9.59 Å². The number of imide groups is 1. The normalized spacial score (nSPS) is 19.4. The van der Waals surface area contributed by atoms with Crippen molar-refractivity contribution in [2.24, 2.45) is 5.41 Å². The van der Waals surface area contributed by atoms with Crippen LogP contribution >= 0.6 is 0 Å². The van der Waals surface area contributed by atoms with E-state index in [0.717, 1.165) is 5.56 Å². The maximum absolute atomic E-state index is 12.3. The Morgan fingerprint density at radius 2 is 1.82 bits per heavy atom. The summed E-state index contributed by atoms with van der Waals surface area (Å²) in [6, 6.07) is 7.26. The molecule has 0 aliphatic carbocycles. The van der Waals surface area contributed by atoms with Crippen molar-refractivity contribution in [3.8, 4) is 0 Å². The number of amides is 2. The number of carbonyl (C=O) groups is 2. The smallest absolute Gasteiger partial charge is 0.261 e. The molecule has 3 heteroatoms. The Hall–Kier alpha value is -1.64. The molecule has 1 heterocycles. The highest BCUT2D eigenvalue weighted by atomic mass is 16.2. The molecule has 0 unspecified atom stereocenters. The molecule has 90 valence electrons. The Bertz CT molecular complexity index is 485. The molecule has 2 rings (SSSR count). The third kappa shape index (κ3) is 1.75. The molecule has 0 bridgehead atoms. The minimum absolute atomic E-state index is 0.119. The van der Waals surface area contributed by atoms with Gasteiger partial charge in [-0.1, -0.05) is 39.0 Å². The first-order valence-corrected chi connectivity index (χ1v) is 5.81. The van der Waals surface area contributed by atoms with Crippen LogP contribution in [0.5, 0.6) is 0 Å². The Labute approximate surface area is 101 Å². The van der Waals surface area contributed by atoms with Gasteiger partial charge in [0.1, 0.15) is 0 Å². The van der Waals surface area contributed by atoms with E-state index < -0.39 is 5.41 Å². The predicted octanol–water partition coefficient (Wildman–Crippen LogP) is 2.78. The van der Waals surface area contributed by atoms with E-state index >= 15 is 0 Å². The summed E-state index contributed by atoms with van der Waals surface area (Å²) in [5, 5.41) is 0. The SMILES string of the molecule is C[C@H]1c2ccccc2C(=O)N1C(=O)C(C)(C)C. The standard InChI is InChI=1S/C14H17NO2/c1-9-10-7-5-6-8-11(10)12(16)15(9)13(17)14(2,3)4/h5-9H,1-4H3/t9-/m0/s1. The molecule has 0 N–H and O–H groups in total. The lowest BCUT2D eigenvalue weighted by molar-refractivity contribution is -0.138. The van der Waals surface area contributed by atoms with E-state index in [4.69, 9.17) is 0 Å². The minimum atomic E-state index is -0.536. The fourth-order valence-electron chi connectivity index (χ4n) is 2.13. The average molecular weight is 231 g/mol. The summed E-state index contributed by atoms with van der Waals surface area (Å²) in [6.45, 7) is 7.39. The second kappa shape index (κ2) is 3.69. The molecule has 0 spiro atoms. The lowest BCUT2D eigenvalue weighted by atomic mass is 9.94. The van der Waals surface area contributed by atoms with Crippen molar-refractivity contribution in [1.29, 1.82) is 0 Å². The first kappa shape index (κ1) is 11.8. The lowest BCUT2D eigenvalue weighted by Crippen LogP contribution is -2.41. The summed E-state index contributed by atoms with van der Waals surface area (Å²) in [6.07, 6.45) is 0. The summed E-state index contributed by atoms with van der Waals surface area (Å²) in [5.41, 5.74) is 1.05.